The van der Waals surface area contributed by atoms with E-state index >= 15 is 0 Å². The van der Waals surface area contributed by atoms with E-state index in [0.717, 1.165) is 38.3 Å². The number of nitrogens with zero attached hydrogens (tertiary/aromatic N) is 2. The van der Waals surface area contributed by atoms with Gasteiger partial charge in [-0.05, 0) is 36.8 Å². The molecule has 1 aliphatic carbocycles. The molecule has 146 valence electrons. The Hall–Kier alpha value is -2.50. The second-order valence-electron chi connectivity index (χ2n) is 7.15. The van der Waals surface area contributed by atoms with Crippen LogP contribution < -0.4 is 16.0 Å². The number of carbonyl (C=O) groups excluding carboxylic acids is 1. The predicted octanol–water partition coefficient (Wildman–Crippen LogP) is 2.65. The average Bonchev–Trinajstić information content (AvgIpc) is 3.33. The highest BCUT2D eigenvalue weighted by Crippen LogP contribution is 2.17. The normalized spacial score (nSPS) is 15.2. The first-order chi connectivity index (χ1) is 13.3. The number of hydrogen-bond donors (Lipinski definition) is 3. The summed E-state index contributed by atoms with van der Waals surface area (Å²) in [5.41, 5.74) is 1.27. The van der Waals surface area contributed by atoms with E-state index in [0.29, 0.717) is 19.0 Å². The van der Waals surface area contributed by atoms with E-state index in [-0.39, 0.29) is 5.91 Å². The molecule has 2 aromatic rings. The molecule has 1 saturated carbocycles. The van der Waals surface area contributed by atoms with Crippen LogP contribution in [-0.2, 0) is 11.3 Å². The first-order valence-electron chi connectivity index (χ1n) is 10.0. The smallest absolute Gasteiger partial charge is 0.221 e. The van der Waals surface area contributed by atoms with Crippen LogP contribution in [0.5, 0.6) is 0 Å². The number of fused-ring (bicyclic) bond motifs is 1. The maximum atomic E-state index is 12.0. The number of aliphatic imine (C=N–C) groups is 1. The third kappa shape index (κ3) is 5.74. The number of benzene rings is 1. The lowest BCUT2D eigenvalue weighted by Crippen LogP contribution is -2.40. The third-order valence-electron chi connectivity index (χ3n) is 5.14. The Bertz CT molecular complexity index is 761. The molecule has 1 fully saturated rings. The molecule has 0 unspecified atom stereocenters. The van der Waals surface area contributed by atoms with Crippen LogP contribution >= 0.6 is 0 Å². The number of rotatable bonds is 8. The molecule has 1 aromatic heterocycles. The Labute approximate surface area is 161 Å². The molecule has 3 rings (SSSR count). The molecular formula is C21H31N5O. The number of hydrogen-bond acceptors (Lipinski definition) is 2. The number of para-hydroxylation sites is 1. The van der Waals surface area contributed by atoms with Crippen LogP contribution in [-0.4, -0.2) is 42.6 Å². The van der Waals surface area contributed by atoms with Crippen molar-refractivity contribution in [3.8, 4) is 0 Å². The maximum absolute atomic E-state index is 12.0. The predicted molar refractivity (Wildman–Crippen MR) is 111 cm³/mol. The number of carbonyl (C=O) groups is 1. The minimum atomic E-state index is 0.129. The van der Waals surface area contributed by atoms with Crippen LogP contribution in [0.25, 0.3) is 10.9 Å². The monoisotopic (exact) mass is 369 g/mol. The molecule has 3 N–H and O–H groups in total. The maximum Gasteiger partial charge on any atom is 0.221 e. The summed E-state index contributed by atoms with van der Waals surface area (Å²) in [6.07, 6.45) is 8.34. The van der Waals surface area contributed by atoms with Crippen LogP contribution in [0.4, 0.5) is 0 Å². The quantitative estimate of drug-likeness (QED) is 0.381. The molecule has 0 spiro atoms. The van der Waals surface area contributed by atoms with Crippen LogP contribution in [0.2, 0.25) is 0 Å². The van der Waals surface area contributed by atoms with E-state index in [2.05, 4.69) is 62.0 Å². The van der Waals surface area contributed by atoms with Crippen molar-refractivity contribution in [3.63, 3.8) is 0 Å². The molecule has 1 aromatic carbocycles. The van der Waals surface area contributed by atoms with E-state index in [1.807, 2.05) is 0 Å². The van der Waals surface area contributed by atoms with Gasteiger partial charge in [-0.15, -0.1) is 0 Å². The van der Waals surface area contributed by atoms with Gasteiger partial charge in [-0.2, -0.15) is 0 Å². The molecule has 6 heteroatoms. The third-order valence-corrected chi connectivity index (χ3v) is 5.14. The van der Waals surface area contributed by atoms with Crippen LogP contribution in [0.3, 0.4) is 0 Å². The Morgan fingerprint density at radius 3 is 2.74 bits per heavy atom. The number of aromatic nitrogens is 1. The first-order valence-corrected chi connectivity index (χ1v) is 10.0. The summed E-state index contributed by atoms with van der Waals surface area (Å²) in [5.74, 6) is 0.880. The van der Waals surface area contributed by atoms with Crippen LogP contribution in [0.1, 0.15) is 38.5 Å². The molecule has 6 nitrogen and oxygen atoms in total. The summed E-state index contributed by atoms with van der Waals surface area (Å²) in [6.45, 7) is 2.39. The summed E-state index contributed by atoms with van der Waals surface area (Å²) in [4.78, 5) is 16.2. The molecule has 27 heavy (non-hydrogen) atoms. The van der Waals surface area contributed by atoms with Crippen LogP contribution in [0, 0.1) is 0 Å². The zero-order chi connectivity index (χ0) is 18.9. The van der Waals surface area contributed by atoms with Gasteiger partial charge in [-0.25, -0.2) is 0 Å². The number of nitrogens with one attached hydrogen (secondary N) is 3. The Kier molecular flexibility index (Phi) is 7.13. The van der Waals surface area contributed by atoms with Gasteiger partial charge < -0.3 is 20.5 Å². The van der Waals surface area contributed by atoms with Gasteiger partial charge in [0.1, 0.15) is 0 Å². The topological polar surface area (TPSA) is 70.5 Å². The van der Waals surface area contributed by atoms with Crippen molar-refractivity contribution >= 4 is 22.8 Å². The molecule has 0 bridgehead atoms. The fourth-order valence-corrected chi connectivity index (χ4v) is 3.68. The van der Waals surface area contributed by atoms with Gasteiger partial charge in [0.25, 0.3) is 0 Å². The van der Waals surface area contributed by atoms with Gasteiger partial charge in [0.05, 0.1) is 0 Å². The lowest BCUT2D eigenvalue weighted by Gasteiger charge is -2.14. The van der Waals surface area contributed by atoms with Crippen molar-refractivity contribution in [3.05, 3.63) is 36.5 Å². The molecule has 1 amide bonds. The lowest BCUT2D eigenvalue weighted by molar-refractivity contribution is -0.121. The van der Waals surface area contributed by atoms with Crippen molar-refractivity contribution in [1.29, 1.82) is 0 Å². The summed E-state index contributed by atoms with van der Waals surface area (Å²) < 4.78 is 2.28. The van der Waals surface area contributed by atoms with Gasteiger partial charge in [0, 0.05) is 50.9 Å². The number of guanidine groups is 1. The second kappa shape index (κ2) is 10.00. The van der Waals surface area contributed by atoms with E-state index in [4.69, 9.17) is 0 Å². The average molecular weight is 370 g/mol. The van der Waals surface area contributed by atoms with Crippen LogP contribution in [0.15, 0.2) is 41.5 Å². The molecule has 0 saturated heterocycles. The number of amides is 1. The lowest BCUT2D eigenvalue weighted by atomic mass is 10.2. The SMILES string of the molecule is CN=C(NCCCn1ccc2ccccc21)NCCC(=O)NC1CCCC1. The zero-order valence-electron chi connectivity index (χ0n) is 16.2. The summed E-state index contributed by atoms with van der Waals surface area (Å²) >= 11 is 0. The molecule has 1 aliphatic rings. The van der Waals surface area contributed by atoms with Crippen molar-refractivity contribution in [2.45, 2.75) is 51.1 Å². The highest BCUT2D eigenvalue weighted by atomic mass is 16.1. The largest absolute Gasteiger partial charge is 0.356 e. The van der Waals surface area contributed by atoms with Gasteiger partial charge in [0.15, 0.2) is 5.96 Å². The minimum absolute atomic E-state index is 0.129. The fourth-order valence-electron chi connectivity index (χ4n) is 3.68. The van der Waals surface area contributed by atoms with Crippen molar-refractivity contribution in [1.82, 2.24) is 20.5 Å². The van der Waals surface area contributed by atoms with Crippen molar-refractivity contribution in [2.75, 3.05) is 20.1 Å². The minimum Gasteiger partial charge on any atom is -0.356 e. The Balaban J connectivity index is 1.31. The fraction of sp³-hybridized carbons (Fsp3) is 0.524. The highest BCUT2D eigenvalue weighted by molar-refractivity contribution is 5.81. The van der Waals surface area contributed by atoms with Gasteiger partial charge in [-0.3, -0.25) is 9.79 Å². The highest BCUT2D eigenvalue weighted by Gasteiger charge is 2.16. The number of aryl methyl sites for hydroxylation is 1. The molecule has 0 aliphatic heterocycles. The standard InChI is InChI=1S/C21H31N5O/c1-22-21(24-14-11-20(27)25-18-8-3-4-9-18)23-13-6-15-26-16-12-17-7-2-5-10-19(17)26/h2,5,7,10,12,16,18H,3-4,6,8-9,11,13-15H2,1H3,(H,25,27)(H2,22,23,24). The summed E-state index contributed by atoms with van der Waals surface area (Å²) in [5, 5.41) is 10.9. The zero-order valence-corrected chi connectivity index (χ0v) is 16.2. The Morgan fingerprint density at radius 2 is 1.93 bits per heavy atom. The molecule has 0 radical (unpaired) electrons. The summed E-state index contributed by atoms with van der Waals surface area (Å²) in [6, 6.07) is 11.0. The molecule has 1 heterocycles. The van der Waals surface area contributed by atoms with Gasteiger partial charge in [-0.1, -0.05) is 31.0 Å². The second-order valence-corrected chi connectivity index (χ2v) is 7.15. The van der Waals surface area contributed by atoms with E-state index < -0.39 is 0 Å². The first kappa shape index (κ1) is 19.3. The van der Waals surface area contributed by atoms with Gasteiger partial charge >= 0.3 is 0 Å². The summed E-state index contributed by atoms with van der Waals surface area (Å²) in [7, 11) is 1.76. The molecular weight excluding hydrogens is 338 g/mol. The van der Waals surface area contributed by atoms with E-state index in [1.165, 1.54) is 23.7 Å². The van der Waals surface area contributed by atoms with Crippen molar-refractivity contribution < 1.29 is 4.79 Å². The van der Waals surface area contributed by atoms with Gasteiger partial charge in [0.2, 0.25) is 5.91 Å². The molecule has 0 atom stereocenters. The van der Waals surface area contributed by atoms with E-state index in [9.17, 15) is 4.79 Å². The Morgan fingerprint density at radius 1 is 1.15 bits per heavy atom. The van der Waals surface area contributed by atoms with E-state index in [1.54, 1.807) is 7.05 Å². The van der Waals surface area contributed by atoms with Crippen molar-refractivity contribution in [2.24, 2.45) is 4.99 Å².